The van der Waals surface area contributed by atoms with Crippen molar-refractivity contribution in [3.05, 3.63) is 29.8 Å². The van der Waals surface area contributed by atoms with Crippen LogP contribution in [0.2, 0.25) is 0 Å². The molecule has 4 heteroatoms. The molecule has 0 aromatic heterocycles. The summed E-state index contributed by atoms with van der Waals surface area (Å²) >= 11 is -2.00. The highest BCUT2D eigenvalue weighted by molar-refractivity contribution is 7.80. The summed E-state index contributed by atoms with van der Waals surface area (Å²) in [6, 6.07) is 7.58. The highest BCUT2D eigenvalue weighted by Crippen LogP contribution is 2.26. The zero-order chi connectivity index (χ0) is 10.6. The van der Waals surface area contributed by atoms with E-state index in [1.165, 1.54) is 0 Å². The molecule has 14 heavy (non-hydrogen) atoms. The molecule has 78 valence electrons. The summed E-state index contributed by atoms with van der Waals surface area (Å²) in [7, 11) is 0. The van der Waals surface area contributed by atoms with Gasteiger partial charge in [0.2, 0.25) is 0 Å². The Bertz CT molecular complexity index is 328. The summed E-state index contributed by atoms with van der Waals surface area (Å²) in [4.78, 5) is 0. The van der Waals surface area contributed by atoms with E-state index in [0.29, 0.717) is 5.92 Å². The molecule has 0 bridgehead atoms. The van der Waals surface area contributed by atoms with Gasteiger partial charge in [-0.25, -0.2) is 4.21 Å². The fraction of sp³-hybridized carbons (Fsp3) is 0.400. The van der Waals surface area contributed by atoms with Crippen LogP contribution in [0, 0.1) is 0 Å². The van der Waals surface area contributed by atoms with Gasteiger partial charge in [-0.15, -0.1) is 0 Å². The second-order valence-corrected chi connectivity index (χ2v) is 3.95. The summed E-state index contributed by atoms with van der Waals surface area (Å²) in [6.07, 6.45) is 1.01. The average Bonchev–Trinajstić information content (AvgIpc) is 2.16. The lowest BCUT2D eigenvalue weighted by Gasteiger charge is -2.14. The highest BCUT2D eigenvalue weighted by atomic mass is 32.2. The third-order valence-electron chi connectivity index (χ3n) is 2.30. The molecular formula is C10H15NO2S. The van der Waals surface area contributed by atoms with Gasteiger partial charge in [-0.1, -0.05) is 32.0 Å². The Hall–Kier alpha value is -0.870. The molecule has 1 aromatic rings. The predicted molar refractivity (Wildman–Crippen MR) is 59.5 cm³/mol. The van der Waals surface area contributed by atoms with Gasteiger partial charge in [-0.05, 0) is 24.0 Å². The van der Waals surface area contributed by atoms with E-state index in [0.717, 1.165) is 17.7 Å². The molecular weight excluding hydrogens is 198 g/mol. The minimum absolute atomic E-state index is 0.391. The van der Waals surface area contributed by atoms with Crippen molar-refractivity contribution in [1.29, 1.82) is 0 Å². The highest BCUT2D eigenvalue weighted by Gasteiger charge is 2.08. The molecule has 0 saturated carbocycles. The van der Waals surface area contributed by atoms with Gasteiger partial charge in [0.05, 0.1) is 5.69 Å². The fourth-order valence-electron chi connectivity index (χ4n) is 1.33. The van der Waals surface area contributed by atoms with E-state index in [2.05, 4.69) is 18.6 Å². The first-order valence-electron chi connectivity index (χ1n) is 4.61. The lowest BCUT2D eigenvalue weighted by atomic mass is 9.97. The summed E-state index contributed by atoms with van der Waals surface area (Å²) in [5.41, 5.74) is 1.82. The van der Waals surface area contributed by atoms with Crippen molar-refractivity contribution in [2.75, 3.05) is 4.72 Å². The lowest BCUT2D eigenvalue weighted by molar-refractivity contribution is 0.570. The van der Waals surface area contributed by atoms with E-state index in [9.17, 15) is 4.21 Å². The van der Waals surface area contributed by atoms with Crippen molar-refractivity contribution >= 4 is 17.0 Å². The normalized spacial score (nSPS) is 14.8. The second-order valence-electron chi connectivity index (χ2n) is 3.25. The molecule has 0 aliphatic rings. The molecule has 0 aliphatic heterocycles. The molecule has 0 radical (unpaired) electrons. The molecule has 3 nitrogen and oxygen atoms in total. The smallest absolute Gasteiger partial charge is 0.259 e. The molecule has 0 fully saturated rings. The third-order valence-corrected chi connectivity index (χ3v) is 2.70. The van der Waals surface area contributed by atoms with Crippen LogP contribution in [0.3, 0.4) is 0 Å². The van der Waals surface area contributed by atoms with E-state index in [1.54, 1.807) is 0 Å². The maximum Gasteiger partial charge on any atom is 0.259 e. The van der Waals surface area contributed by atoms with Gasteiger partial charge in [0.1, 0.15) is 0 Å². The summed E-state index contributed by atoms with van der Waals surface area (Å²) in [5.74, 6) is 0.391. The average molecular weight is 213 g/mol. The standard InChI is InChI=1S/C10H15NO2S/c1-3-8(2)9-6-4-5-7-10(9)11-14(12)13/h4-8,11H,3H2,1-2H3,(H,12,13). The maximum atomic E-state index is 10.6. The molecule has 0 amide bonds. The van der Waals surface area contributed by atoms with Crippen LogP contribution in [-0.4, -0.2) is 8.76 Å². The van der Waals surface area contributed by atoms with Crippen LogP contribution in [0.1, 0.15) is 31.7 Å². The van der Waals surface area contributed by atoms with Crippen molar-refractivity contribution in [2.45, 2.75) is 26.2 Å². The summed E-state index contributed by atoms with van der Waals surface area (Å²) in [6.45, 7) is 4.19. The number of anilines is 1. The van der Waals surface area contributed by atoms with Crippen LogP contribution in [-0.2, 0) is 11.3 Å². The first kappa shape index (κ1) is 11.2. The van der Waals surface area contributed by atoms with Crippen molar-refractivity contribution in [2.24, 2.45) is 0 Å². The first-order chi connectivity index (χ1) is 6.65. The topological polar surface area (TPSA) is 49.3 Å². The molecule has 0 heterocycles. The first-order valence-corrected chi connectivity index (χ1v) is 5.72. The van der Waals surface area contributed by atoms with Crippen LogP contribution in [0.5, 0.6) is 0 Å². The molecule has 2 atom stereocenters. The monoisotopic (exact) mass is 213 g/mol. The van der Waals surface area contributed by atoms with Crippen LogP contribution in [0.25, 0.3) is 0 Å². The largest absolute Gasteiger partial charge is 0.289 e. The Labute approximate surface area is 87.0 Å². The van der Waals surface area contributed by atoms with E-state index < -0.39 is 11.3 Å². The molecule has 0 aliphatic carbocycles. The van der Waals surface area contributed by atoms with E-state index >= 15 is 0 Å². The zero-order valence-corrected chi connectivity index (χ0v) is 9.17. The van der Waals surface area contributed by atoms with Gasteiger partial charge < -0.3 is 0 Å². The molecule has 2 N–H and O–H groups in total. The van der Waals surface area contributed by atoms with Crippen molar-refractivity contribution in [1.82, 2.24) is 0 Å². The SMILES string of the molecule is CCC(C)c1ccccc1NS(=O)O. The quantitative estimate of drug-likeness (QED) is 0.755. The number of benzene rings is 1. The van der Waals surface area contributed by atoms with Gasteiger partial charge >= 0.3 is 0 Å². The van der Waals surface area contributed by atoms with Gasteiger partial charge in [-0.2, -0.15) is 0 Å². The number of hydrogen-bond acceptors (Lipinski definition) is 1. The summed E-state index contributed by atoms with van der Waals surface area (Å²) in [5, 5.41) is 0. The Balaban J connectivity index is 2.96. The number of rotatable bonds is 4. The van der Waals surface area contributed by atoms with Crippen LogP contribution in [0.15, 0.2) is 24.3 Å². The van der Waals surface area contributed by atoms with Gasteiger partial charge in [0, 0.05) is 0 Å². The molecule has 2 unspecified atom stereocenters. The number of para-hydroxylation sites is 1. The van der Waals surface area contributed by atoms with Crippen molar-refractivity contribution < 1.29 is 8.76 Å². The predicted octanol–water partition coefficient (Wildman–Crippen LogP) is 2.75. The minimum atomic E-state index is -2.00. The Kier molecular flexibility index (Phi) is 4.10. The van der Waals surface area contributed by atoms with Crippen molar-refractivity contribution in [3.8, 4) is 0 Å². The maximum absolute atomic E-state index is 10.6. The van der Waals surface area contributed by atoms with E-state index in [1.807, 2.05) is 24.3 Å². The third kappa shape index (κ3) is 2.82. The van der Waals surface area contributed by atoms with Crippen molar-refractivity contribution in [3.63, 3.8) is 0 Å². The van der Waals surface area contributed by atoms with Gasteiger partial charge in [-0.3, -0.25) is 9.27 Å². The Morgan fingerprint density at radius 1 is 1.50 bits per heavy atom. The molecule has 1 rings (SSSR count). The van der Waals surface area contributed by atoms with Crippen LogP contribution in [0.4, 0.5) is 5.69 Å². The Morgan fingerprint density at radius 3 is 2.71 bits per heavy atom. The minimum Gasteiger partial charge on any atom is -0.289 e. The van der Waals surface area contributed by atoms with E-state index in [4.69, 9.17) is 4.55 Å². The summed E-state index contributed by atoms with van der Waals surface area (Å²) < 4.78 is 21.9. The zero-order valence-electron chi connectivity index (χ0n) is 8.36. The van der Waals surface area contributed by atoms with Crippen LogP contribution < -0.4 is 4.72 Å². The van der Waals surface area contributed by atoms with Crippen LogP contribution >= 0.6 is 0 Å². The Morgan fingerprint density at radius 2 is 2.14 bits per heavy atom. The fourth-order valence-corrected chi connectivity index (χ4v) is 1.71. The van der Waals surface area contributed by atoms with E-state index in [-0.39, 0.29) is 0 Å². The second kappa shape index (κ2) is 5.12. The molecule has 0 saturated heterocycles. The molecule has 1 aromatic carbocycles. The van der Waals surface area contributed by atoms with Gasteiger partial charge in [0.25, 0.3) is 11.3 Å². The van der Waals surface area contributed by atoms with Gasteiger partial charge in [0.15, 0.2) is 0 Å². The number of nitrogens with one attached hydrogen (secondary N) is 1. The lowest BCUT2D eigenvalue weighted by Crippen LogP contribution is -2.05. The molecule has 0 spiro atoms. The number of hydrogen-bond donors (Lipinski definition) is 2.